The minimum absolute atomic E-state index is 0.420. The number of amides is 1. The molecule has 1 fully saturated rings. The number of halogens is 1. The summed E-state index contributed by atoms with van der Waals surface area (Å²) in [6, 6.07) is 22.2. The van der Waals surface area contributed by atoms with Crippen molar-refractivity contribution in [3.8, 4) is 11.3 Å². The second-order valence-electron chi connectivity index (χ2n) is 7.92. The maximum Gasteiger partial charge on any atom is 0.247 e. The summed E-state index contributed by atoms with van der Waals surface area (Å²) in [6.45, 7) is 4.13. The van der Waals surface area contributed by atoms with Gasteiger partial charge in [-0.05, 0) is 69.3 Å². The Kier molecular flexibility index (Phi) is 7.55. The Labute approximate surface area is 198 Å². The number of anilines is 2. The molecule has 5 rings (SSSR count). The Morgan fingerprint density at radius 1 is 1.03 bits per heavy atom. The van der Waals surface area contributed by atoms with Crippen molar-refractivity contribution < 1.29 is 4.79 Å². The van der Waals surface area contributed by atoms with Gasteiger partial charge in [0.1, 0.15) is 0 Å². The first-order valence-electron chi connectivity index (χ1n) is 11.0. The van der Waals surface area contributed by atoms with Crippen molar-refractivity contribution in [3.05, 3.63) is 77.3 Å². The fraction of sp³-hybridized carbons (Fsp3) is 0.240. The number of hydrogen-bond donors (Lipinski definition) is 3. The molecule has 4 aromatic rings. The Balaban J connectivity index is 0.000000243. The van der Waals surface area contributed by atoms with E-state index in [1.165, 1.54) is 5.56 Å². The summed E-state index contributed by atoms with van der Waals surface area (Å²) >= 11 is 5.98. The van der Waals surface area contributed by atoms with Crippen molar-refractivity contribution in [2.45, 2.75) is 25.8 Å². The molecule has 3 heterocycles. The van der Waals surface area contributed by atoms with E-state index in [9.17, 15) is 4.79 Å². The van der Waals surface area contributed by atoms with E-state index in [1.807, 2.05) is 59.1 Å². The third-order valence-electron chi connectivity index (χ3n) is 5.45. The van der Waals surface area contributed by atoms with E-state index in [1.54, 1.807) is 0 Å². The van der Waals surface area contributed by atoms with E-state index < -0.39 is 0 Å². The number of benzene rings is 2. The smallest absolute Gasteiger partial charge is 0.247 e. The van der Waals surface area contributed by atoms with Crippen molar-refractivity contribution in [1.29, 1.82) is 0 Å². The van der Waals surface area contributed by atoms with Gasteiger partial charge in [-0.1, -0.05) is 47.5 Å². The van der Waals surface area contributed by atoms with Crippen molar-refractivity contribution in [3.63, 3.8) is 0 Å². The molecule has 0 unspecified atom stereocenters. The third-order valence-corrected chi connectivity index (χ3v) is 5.70. The molecule has 0 saturated carbocycles. The highest BCUT2D eigenvalue weighted by atomic mass is 35.5. The first-order valence-corrected chi connectivity index (χ1v) is 11.4. The average Bonchev–Trinajstić information content (AvgIpc) is 3.25. The lowest BCUT2D eigenvalue weighted by Crippen LogP contribution is -2.39. The Hall–Kier alpha value is -3.42. The van der Waals surface area contributed by atoms with Gasteiger partial charge in [0.2, 0.25) is 12.4 Å². The zero-order chi connectivity index (χ0) is 23.0. The maximum atomic E-state index is 9.94. The number of carbonyl (C=O) groups excluding carboxylic acids is 1. The topological polar surface area (TPSA) is 83.3 Å². The molecule has 1 saturated heterocycles. The molecule has 0 atom stereocenters. The van der Waals surface area contributed by atoms with Gasteiger partial charge in [-0.25, -0.2) is 4.52 Å². The normalized spacial score (nSPS) is 13.8. The summed E-state index contributed by atoms with van der Waals surface area (Å²) in [5, 5.41) is 14.5. The fourth-order valence-electron chi connectivity index (χ4n) is 3.65. The third kappa shape index (κ3) is 6.09. The number of aryl methyl sites for hydroxylation is 1. The molecule has 2 aromatic carbocycles. The van der Waals surface area contributed by atoms with Crippen LogP contribution in [0.4, 0.5) is 11.6 Å². The van der Waals surface area contributed by atoms with Crippen LogP contribution in [0.25, 0.3) is 16.9 Å². The molecule has 0 spiro atoms. The van der Waals surface area contributed by atoms with Gasteiger partial charge in [0.15, 0.2) is 5.65 Å². The molecule has 2 aromatic heterocycles. The first kappa shape index (κ1) is 22.8. The predicted octanol–water partition coefficient (Wildman–Crippen LogP) is 4.59. The van der Waals surface area contributed by atoms with Crippen LogP contribution in [-0.4, -0.2) is 40.1 Å². The molecule has 0 aliphatic carbocycles. The van der Waals surface area contributed by atoms with Crippen molar-refractivity contribution >= 4 is 35.3 Å². The predicted molar refractivity (Wildman–Crippen MR) is 133 cm³/mol. The summed E-state index contributed by atoms with van der Waals surface area (Å²) in [5.74, 6) is 0.570. The van der Waals surface area contributed by atoms with Crippen molar-refractivity contribution in [2.75, 3.05) is 18.4 Å². The number of pyridine rings is 1. The van der Waals surface area contributed by atoms with E-state index in [0.717, 1.165) is 54.9 Å². The second-order valence-corrected chi connectivity index (χ2v) is 8.36. The number of carbonyl (C=O) groups is 1. The summed E-state index contributed by atoms with van der Waals surface area (Å²) < 4.78 is 1.83. The van der Waals surface area contributed by atoms with Gasteiger partial charge in [0.05, 0.1) is 5.69 Å². The molecule has 7 nitrogen and oxygen atoms in total. The molecule has 33 heavy (non-hydrogen) atoms. The minimum atomic E-state index is 0.420. The van der Waals surface area contributed by atoms with E-state index in [4.69, 9.17) is 11.6 Å². The van der Waals surface area contributed by atoms with E-state index in [0.29, 0.717) is 17.0 Å². The second kappa shape index (κ2) is 10.9. The van der Waals surface area contributed by atoms with Crippen LogP contribution in [0.1, 0.15) is 18.4 Å². The van der Waals surface area contributed by atoms with Crippen LogP contribution in [0.5, 0.6) is 0 Å². The summed E-state index contributed by atoms with van der Waals surface area (Å²) in [6.07, 6.45) is 2.92. The highest BCUT2D eigenvalue weighted by Gasteiger charge is 2.10. The van der Waals surface area contributed by atoms with E-state index in [2.05, 4.69) is 45.1 Å². The molecule has 1 aliphatic rings. The number of fused-ring (bicyclic) bond motifs is 1. The van der Waals surface area contributed by atoms with Gasteiger partial charge in [0, 0.05) is 22.3 Å². The summed E-state index contributed by atoms with van der Waals surface area (Å²) in [5.41, 5.74) is 4.97. The Morgan fingerprint density at radius 2 is 1.76 bits per heavy atom. The lowest BCUT2D eigenvalue weighted by atomic mass is 10.1. The standard InChI is InChI=1S/C19H15ClN4.C6H12N2O/c1-13-5-11-16(12-6-13)21-19-22-18-4-2-3-17(24(18)23-19)14-7-9-15(20)10-8-14;9-5-8-6-1-3-7-4-2-6/h2-12H,1H3,(H,21,23);5-7H,1-4H2,(H,8,9). The first-order chi connectivity index (χ1) is 16.1. The monoisotopic (exact) mass is 462 g/mol. The van der Waals surface area contributed by atoms with Gasteiger partial charge in [-0.2, -0.15) is 4.98 Å². The molecular formula is C25H27ClN6O. The fourth-order valence-corrected chi connectivity index (χ4v) is 3.77. The number of nitrogens with one attached hydrogen (secondary N) is 3. The Bertz CT molecular complexity index is 1180. The van der Waals surface area contributed by atoms with Crippen LogP contribution in [0, 0.1) is 6.92 Å². The van der Waals surface area contributed by atoms with Crippen LogP contribution >= 0.6 is 11.6 Å². The van der Waals surface area contributed by atoms with Gasteiger partial charge in [0.25, 0.3) is 0 Å². The molecule has 1 amide bonds. The lowest BCUT2D eigenvalue weighted by Gasteiger charge is -2.21. The van der Waals surface area contributed by atoms with Crippen LogP contribution in [0.3, 0.4) is 0 Å². The van der Waals surface area contributed by atoms with Crippen LogP contribution < -0.4 is 16.0 Å². The molecule has 170 valence electrons. The van der Waals surface area contributed by atoms with Crippen LogP contribution in [-0.2, 0) is 4.79 Å². The summed E-state index contributed by atoms with van der Waals surface area (Å²) in [7, 11) is 0. The molecule has 3 N–H and O–H groups in total. The van der Waals surface area contributed by atoms with Crippen LogP contribution in [0.2, 0.25) is 5.02 Å². The van der Waals surface area contributed by atoms with Gasteiger partial charge >= 0.3 is 0 Å². The molecule has 1 aliphatic heterocycles. The SMILES string of the molecule is Cc1ccc(Nc2nc3cccc(-c4ccc(Cl)cc4)n3n2)cc1.O=CNC1CCNCC1. The molecular weight excluding hydrogens is 436 g/mol. The molecule has 0 bridgehead atoms. The van der Waals surface area contributed by atoms with Crippen molar-refractivity contribution in [1.82, 2.24) is 25.2 Å². The Morgan fingerprint density at radius 3 is 2.45 bits per heavy atom. The van der Waals surface area contributed by atoms with Crippen LogP contribution in [0.15, 0.2) is 66.7 Å². The molecule has 8 heteroatoms. The highest BCUT2D eigenvalue weighted by molar-refractivity contribution is 6.30. The summed E-state index contributed by atoms with van der Waals surface area (Å²) in [4.78, 5) is 14.5. The van der Waals surface area contributed by atoms with Crippen molar-refractivity contribution in [2.24, 2.45) is 0 Å². The van der Waals surface area contributed by atoms with Gasteiger partial charge < -0.3 is 16.0 Å². The zero-order valence-corrected chi connectivity index (χ0v) is 19.2. The van der Waals surface area contributed by atoms with E-state index >= 15 is 0 Å². The zero-order valence-electron chi connectivity index (χ0n) is 18.5. The average molecular weight is 463 g/mol. The minimum Gasteiger partial charge on any atom is -0.356 e. The highest BCUT2D eigenvalue weighted by Crippen LogP contribution is 2.23. The molecule has 0 radical (unpaired) electrons. The number of rotatable bonds is 5. The van der Waals surface area contributed by atoms with Gasteiger partial charge in [-0.3, -0.25) is 4.79 Å². The van der Waals surface area contributed by atoms with E-state index in [-0.39, 0.29) is 0 Å². The number of aromatic nitrogens is 3. The lowest BCUT2D eigenvalue weighted by molar-refractivity contribution is -0.110. The quantitative estimate of drug-likeness (QED) is 0.378. The number of nitrogens with zero attached hydrogens (tertiary/aromatic N) is 3. The van der Waals surface area contributed by atoms with Gasteiger partial charge in [-0.15, -0.1) is 5.10 Å². The number of hydrogen-bond acceptors (Lipinski definition) is 5. The maximum absolute atomic E-state index is 9.94. The largest absolute Gasteiger partial charge is 0.356 e. The number of piperidine rings is 1.